The highest BCUT2D eigenvalue weighted by atomic mass is 35.5. The molecule has 1 aromatic heterocycles. The van der Waals surface area contributed by atoms with Crippen molar-refractivity contribution in [2.45, 2.75) is 19.5 Å². The molecule has 3 heteroatoms. The van der Waals surface area contributed by atoms with Crippen molar-refractivity contribution in [1.29, 1.82) is 0 Å². The van der Waals surface area contributed by atoms with Crippen LogP contribution in [0.1, 0.15) is 11.8 Å². The van der Waals surface area contributed by atoms with E-state index in [4.69, 9.17) is 11.6 Å². The van der Waals surface area contributed by atoms with Crippen molar-refractivity contribution in [2.24, 2.45) is 0 Å². The molecule has 0 saturated carbocycles. The van der Waals surface area contributed by atoms with E-state index in [2.05, 4.69) is 29.8 Å². The van der Waals surface area contributed by atoms with E-state index in [-0.39, 0.29) is 0 Å². The van der Waals surface area contributed by atoms with Crippen molar-refractivity contribution in [3.63, 3.8) is 0 Å². The fourth-order valence-corrected chi connectivity index (χ4v) is 1.51. The van der Waals surface area contributed by atoms with Gasteiger partial charge in [0.2, 0.25) is 0 Å². The van der Waals surface area contributed by atoms with E-state index in [9.17, 15) is 0 Å². The van der Waals surface area contributed by atoms with Gasteiger partial charge in [-0.1, -0.05) is 6.07 Å². The zero-order valence-electron chi connectivity index (χ0n) is 6.51. The Morgan fingerprint density at radius 2 is 2.55 bits per heavy atom. The zero-order chi connectivity index (χ0) is 8.10. The molecule has 1 N–H and O–H groups in total. The minimum atomic E-state index is 0.402. The van der Waals surface area contributed by atoms with E-state index >= 15 is 0 Å². The zero-order valence-corrected chi connectivity index (χ0v) is 8.08. The Balaban J connectivity index is 2.23. The topological polar surface area (TPSA) is 12.0 Å². The monoisotopic (exact) mass is 189 g/mol. The van der Waals surface area contributed by atoms with Crippen LogP contribution in [0.4, 0.5) is 0 Å². The summed E-state index contributed by atoms with van der Waals surface area (Å²) in [4.78, 5) is 1.36. The van der Waals surface area contributed by atoms with Gasteiger partial charge in [0.25, 0.3) is 0 Å². The van der Waals surface area contributed by atoms with Crippen LogP contribution in [0.25, 0.3) is 0 Å². The lowest BCUT2D eigenvalue weighted by Crippen LogP contribution is -2.26. The molecule has 0 radical (unpaired) electrons. The highest BCUT2D eigenvalue weighted by Crippen LogP contribution is 2.07. The van der Waals surface area contributed by atoms with Crippen LogP contribution in [0.2, 0.25) is 0 Å². The molecular formula is C8H12ClNS. The molecule has 0 aliphatic rings. The summed E-state index contributed by atoms with van der Waals surface area (Å²) in [7, 11) is 0. The Bertz CT molecular complexity index is 186. The van der Waals surface area contributed by atoms with Crippen molar-refractivity contribution in [3.8, 4) is 0 Å². The van der Waals surface area contributed by atoms with Gasteiger partial charge in [0.15, 0.2) is 0 Å². The highest BCUT2D eigenvalue weighted by molar-refractivity contribution is 7.09. The highest BCUT2D eigenvalue weighted by Gasteiger charge is 1.98. The summed E-state index contributed by atoms with van der Waals surface area (Å²) in [6.07, 6.45) is 0. The standard InChI is InChI=1S/C8H12ClNS/c1-7(5-9)10-6-8-3-2-4-11-8/h2-4,7,10H,5-6H2,1H3. The van der Waals surface area contributed by atoms with Gasteiger partial charge in [-0.3, -0.25) is 0 Å². The Morgan fingerprint density at radius 3 is 3.09 bits per heavy atom. The SMILES string of the molecule is CC(CCl)NCc1cccs1. The molecule has 0 fully saturated rings. The molecule has 0 bridgehead atoms. The van der Waals surface area contributed by atoms with E-state index < -0.39 is 0 Å². The number of hydrogen-bond donors (Lipinski definition) is 1. The van der Waals surface area contributed by atoms with Crippen LogP contribution in [-0.4, -0.2) is 11.9 Å². The Kier molecular flexibility index (Phi) is 3.91. The summed E-state index contributed by atoms with van der Waals surface area (Å²) in [5, 5.41) is 5.40. The fraction of sp³-hybridized carbons (Fsp3) is 0.500. The summed E-state index contributed by atoms with van der Waals surface area (Å²) in [6.45, 7) is 3.02. The molecule has 0 spiro atoms. The summed E-state index contributed by atoms with van der Waals surface area (Å²) in [5.74, 6) is 0.672. The van der Waals surface area contributed by atoms with E-state index in [1.807, 2.05) is 0 Å². The molecule has 0 aliphatic heterocycles. The molecule has 1 heterocycles. The third-order valence-electron chi connectivity index (χ3n) is 1.44. The van der Waals surface area contributed by atoms with Gasteiger partial charge in [-0.2, -0.15) is 0 Å². The molecule has 0 saturated heterocycles. The molecule has 1 rings (SSSR count). The minimum Gasteiger partial charge on any atom is -0.308 e. The maximum Gasteiger partial charge on any atom is 0.0374 e. The van der Waals surface area contributed by atoms with Gasteiger partial charge in [-0.05, 0) is 18.4 Å². The number of hydrogen-bond acceptors (Lipinski definition) is 2. The van der Waals surface area contributed by atoms with Gasteiger partial charge in [-0.25, -0.2) is 0 Å². The average Bonchev–Trinajstić information content (AvgIpc) is 2.52. The molecule has 0 aromatic carbocycles. The van der Waals surface area contributed by atoms with Crippen LogP contribution in [0.3, 0.4) is 0 Å². The third-order valence-corrected chi connectivity index (χ3v) is 2.78. The van der Waals surface area contributed by atoms with Crippen LogP contribution in [0.5, 0.6) is 0 Å². The quantitative estimate of drug-likeness (QED) is 0.718. The lowest BCUT2D eigenvalue weighted by molar-refractivity contribution is 0.598. The average molecular weight is 190 g/mol. The number of thiophene rings is 1. The molecule has 0 aliphatic carbocycles. The van der Waals surface area contributed by atoms with Gasteiger partial charge in [0.05, 0.1) is 0 Å². The molecule has 1 aromatic rings. The second kappa shape index (κ2) is 4.75. The van der Waals surface area contributed by atoms with Gasteiger partial charge in [-0.15, -0.1) is 22.9 Å². The first-order valence-corrected chi connectivity index (χ1v) is 5.06. The number of nitrogens with one attached hydrogen (secondary N) is 1. The summed E-state index contributed by atoms with van der Waals surface area (Å²) in [5.41, 5.74) is 0. The molecular weight excluding hydrogens is 178 g/mol. The predicted octanol–water partition coefficient (Wildman–Crippen LogP) is 2.47. The number of halogens is 1. The third kappa shape index (κ3) is 3.23. The predicted molar refractivity (Wildman–Crippen MR) is 51.3 cm³/mol. The van der Waals surface area contributed by atoms with E-state index in [0.29, 0.717) is 11.9 Å². The number of rotatable bonds is 4. The van der Waals surface area contributed by atoms with E-state index in [1.165, 1.54) is 4.88 Å². The van der Waals surface area contributed by atoms with Crippen molar-refractivity contribution in [2.75, 3.05) is 5.88 Å². The van der Waals surface area contributed by atoms with Crippen molar-refractivity contribution in [1.82, 2.24) is 5.32 Å². The van der Waals surface area contributed by atoms with Crippen molar-refractivity contribution in [3.05, 3.63) is 22.4 Å². The van der Waals surface area contributed by atoms with Crippen LogP contribution < -0.4 is 5.32 Å². The first kappa shape index (κ1) is 9.04. The normalized spacial score (nSPS) is 13.3. The van der Waals surface area contributed by atoms with Crippen LogP contribution in [0, 0.1) is 0 Å². The van der Waals surface area contributed by atoms with Gasteiger partial charge < -0.3 is 5.32 Å². The first-order chi connectivity index (χ1) is 5.33. The molecule has 1 atom stereocenters. The largest absolute Gasteiger partial charge is 0.308 e. The van der Waals surface area contributed by atoms with Crippen LogP contribution in [-0.2, 0) is 6.54 Å². The molecule has 62 valence electrons. The lowest BCUT2D eigenvalue weighted by atomic mass is 10.4. The summed E-state index contributed by atoms with van der Waals surface area (Å²) >= 11 is 7.40. The summed E-state index contributed by atoms with van der Waals surface area (Å²) < 4.78 is 0. The Morgan fingerprint density at radius 1 is 1.73 bits per heavy atom. The lowest BCUT2D eigenvalue weighted by Gasteiger charge is -2.07. The smallest absolute Gasteiger partial charge is 0.0374 e. The summed E-state index contributed by atoms with van der Waals surface area (Å²) in [6, 6.07) is 4.59. The van der Waals surface area contributed by atoms with Gasteiger partial charge in [0, 0.05) is 23.3 Å². The maximum absolute atomic E-state index is 5.63. The van der Waals surface area contributed by atoms with Gasteiger partial charge >= 0.3 is 0 Å². The molecule has 11 heavy (non-hydrogen) atoms. The van der Waals surface area contributed by atoms with E-state index in [1.54, 1.807) is 11.3 Å². The maximum atomic E-state index is 5.63. The molecule has 1 nitrogen and oxygen atoms in total. The first-order valence-electron chi connectivity index (χ1n) is 3.64. The Hall–Kier alpha value is -0.0500. The molecule has 0 amide bonds. The van der Waals surface area contributed by atoms with Gasteiger partial charge in [0.1, 0.15) is 0 Å². The fourth-order valence-electron chi connectivity index (χ4n) is 0.743. The molecule has 1 unspecified atom stereocenters. The Labute approximate surface area is 76.4 Å². The van der Waals surface area contributed by atoms with Crippen LogP contribution >= 0.6 is 22.9 Å². The van der Waals surface area contributed by atoms with Crippen molar-refractivity contribution < 1.29 is 0 Å². The second-order valence-electron chi connectivity index (χ2n) is 2.52. The second-order valence-corrected chi connectivity index (χ2v) is 3.86. The number of alkyl halides is 1. The van der Waals surface area contributed by atoms with E-state index in [0.717, 1.165) is 6.54 Å². The minimum absolute atomic E-state index is 0.402. The van der Waals surface area contributed by atoms with Crippen molar-refractivity contribution >= 4 is 22.9 Å². The van der Waals surface area contributed by atoms with Crippen LogP contribution in [0.15, 0.2) is 17.5 Å².